The number of para-hydroxylation sites is 1. The average Bonchev–Trinajstić information content (AvgIpc) is 2.56. The maximum Gasteiger partial charge on any atom is 0.126 e. The van der Waals surface area contributed by atoms with Gasteiger partial charge in [-0.3, -0.25) is 4.90 Å². The van der Waals surface area contributed by atoms with Crippen LogP contribution in [0.2, 0.25) is 0 Å². The van der Waals surface area contributed by atoms with Crippen molar-refractivity contribution in [3.8, 4) is 11.5 Å². The normalized spacial score (nSPS) is 18.7. The molecule has 1 fully saturated rings. The molecule has 122 valence electrons. The van der Waals surface area contributed by atoms with Crippen LogP contribution < -0.4 is 4.74 Å². The van der Waals surface area contributed by atoms with Crippen molar-refractivity contribution >= 4 is 0 Å². The molecule has 0 radical (unpaired) electrons. The lowest BCUT2D eigenvalue weighted by Crippen LogP contribution is -2.44. The Morgan fingerprint density at radius 1 is 1.22 bits per heavy atom. The number of benzene rings is 2. The van der Waals surface area contributed by atoms with Crippen LogP contribution in [0.5, 0.6) is 11.5 Å². The molecule has 2 aromatic rings. The van der Waals surface area contributed by atoms with Gasteiger partial charge in [-0.05, 0) is 18.2 Å². The number of phenolic OH excluding ortho intramolecular Hbond substituents is 1. The highest BCUT2D eigenvalue weighted by atomic mass is 19.1. The third-order valence-electron chi connectivity index (χ3n) is 3.84. The maximum atomic E-state index is 13.1. The van der Waals surface area contributed by atoms with Crippen molar-refractivity contribution < 1.29 is 19.0 Å². The first-order valence-corrected chi connectivity index (χ1v) is 7.70. The number of ether oxygens (including phenoxy) is 2. The number of rotatable bonds is 5. The molecule has 1 unspecified atom stereocenters. The van der Waals surface area contributed by atoms with Crippen molar-refractivity contribution in [2.45, 2.75) is 12.6 Å². The molecule has 1 atom stereocenters. The number of nitrogens with zero attached hydrogens (tertiary/aromatic N) is 1. The Morgan fingerprint density at radius 2 is 2.09 bits per heavy atom. The summed E-state index contributed by atoms with van der Waals surface area (Å²) in [6, 6.07) is 13.4. The van der Waals surface area contributed by atoms with E-state index in [1.165, 1.54) is 12.1 Å². The van der Waals surface area contributed by atoms with E-state index in [-0.39, 0.29) is 11.9 Å². The van der Waals surface area contributed by atoms with Crippen molar-refractivity contribution in [2.75, 3.05) is 26.3 Å². The zero-order chi connectivity index (χ0) is 16.1. The second-order valence-electron chi connectivity index (χ2n) is 5.63. The quantitative estimate of drug-likeness (QED) is 0.921. The molecule has 1 aliphatic rings. The van der Waals surface area contributed by atoms with Crippen LogP contribution in [-0.4, -0.2) is 42.4 Å². The van der Waals surface area contributed by atoms with E-state index in [4.69, 9.17) is 9.47 Å². The van der Waals surface area contributed by atoms with Gasteiger partial charge in [0, 0.05) is 31.3 Å². The molecule has 0 bridgehead atoms. The van der Waals surface area contributed by atoms with Crippen LogP contribution in [0, 0.1) is 5.82 Å². The Kier molecular flexibility index (Phi) is 5.10. The molecule has 1 heterocycles. The van der Waals surface area contributed by atoms with Gasteiger partial charge >= 0.3 is 0 Å². The van der Waals surface area contributed by atoms with Gasteiger partial charge in [0.15, 0.2) is 0 Å². The SMILES string of the molecule is Oc1ccccc1CN1CCOC(COc2cccc(F)c2)C1. The number of morpholine rings is 1. The van der Waals surface area contributed by atoms with Crippen LogP contribution in [0.4, 0.5) is 4.39 Å². The predicted molar refractivity (Wildman–Crippen MR) is 85.0 cm³/mol. The van der Waals surface area contributed by atoms with E-state index in [2.05, 4.69) is 4.90 Å². The summed E-state index contributed by atoms with van der Waals surface area (Å²) in [5, 5.41) is 9.87. The molecule has 23 heavy (non-hydrogen) atoms. The Hall–Kier alpha value is -2.11. The van der Waals surface area contributed by atoms with Gasteiger partial charge in [-0.15, -0.1) is 0 Å². The first-order valence-electron chi connectivity index (χ1n) is 7.70. The monoisotopic (exact) mass is 317 g/mol. The fourth-order valence-electron chi connectivity index (χ4n) is 2.66. The summed E-state index contributed by atoms with van der Waals surface area (Å²) in [4.78, 5) is 2.22. The van der Waals surface area contributed by atoms with E-state index in [1.54, 1.807) is 18.2 Å². The smallest absolute Gasteiger partial charge is 0.126 e. The van der Waals surface area contributed by atoms with E-state index >= 15 is 0 Å². The first-order chi connectivity index (χ1) is 11.2. The van der Waals surface area contributed by atoms with E-state index in [1.807, 2.05) is 18.2 Å². The Bertz CT molecular complexity index is 650. The molecular weight excluding hydrogens is 297 g/mol. The van der Waals surface area contributed by atoms with Crippen LogP contribution >= 0.6 is 0 Å². The van der Waals surface area contributed by atoms with E-state index in [0.29, 0.717) is 37.8 Å². The average molecular weight is 317 g/mol. The standard InChI is InChI=1S/C18H20FNO3/c19-15-5-3-6-16(10-15)23-13-17-12-20(8-9-22-17)11-14-4-1-2-7-18(14)21/h1-7,10,17,21H,8-9,11-13H2. The summed E-state index contributed by atoms with van der Waals surface area (Å²) >= 11 is 0. The number of hydrogen-bond acceptors (Lipinski definition) is 4. The van der Waals surface area contributed by atoms with Crippen molar-refractivity contribution in [1.82, 2.24) is 4.90 Å². The van der Waals surface area contributed by atoms with E-state index < -0.39 is 0 Å². The van der Waals surface area contributed by atoms with Gasteiger partial charge in [0.25, 0.3) is 0 Å². The van der Waals surface area contributed by atoms with Crippen LogP contribution in [0.1, 0.15) is 5.56 Å². The number of hydrogen-bond donors (Lipinski definition) is 1. The largest absolute Gasteiger partial charge is 0.508 e. The molecule has 0 spiro atoms. The minimum atomic E-state index is -0.312. The summed E-state index contributed by atoms with van der Waals surface area (Å²) in [6.45, 7) is 3.19. The lowest BCUT2D eigenvalue weighted by Gasteiger charge is -2.32. The number of aromatic hydroxyl groups is 1. The molecular formula is C18H20FNO3. The molecule has 0 amide bonds. The van der Waals surface area contributed by atoms with Crippen molar-refractivity contribution in [1.29, 1.82) is 0 Å². The van der Waals surface area contributed by atoms with Gasteiger partial charge < -0.3 is 14.6 Å². The first kappa shape index (κ1) is 15.8. The lowest BCUT2D eigenvalue weighted by atomic mass is 10.1. The minimum Gasteiger partial charge on any atom is -0.508 e. The van der Waals surface area contributed by atoms with Crippen molar-refractivity contribution in [2.24, 2.45) is 0 Å². The fourth-order valence-corrected chi connectivity index (χ4v) is 2.66. The van der Waals surface area contributed by atoms with Gasteiger partial charge in [-0.25, -0.2) is 4.39 Å². The molecule has 0 saturated carbocycles. The summed E-state index contributed by atoms with van der Waals surface area (Å²) in [5.74, 6) is 0.506. The van der Waals surface area contributed by atoms with Gasteiger partial charge in [0.1, 0.15) is 30.0 Å². The second-order valence-corrected chi connectivity index (χ2v) is 5.63. The minimum absolute atomic E-state index is 0.0714. The van der Waals surface area contributed by atoms with Crippen molar-refractivity contribution in [3.63, 3.8) is 0 Å². The zero-order valence-electron chi connectivity index (χ0n) is 12.8. The topological polar surface area (TPSA) is 41.9 Å². The Labute approximate surface area is 135 Å². The number of phenols is 1. The second kappa shape index (κ2) is 7.44. The van der Waals surface area contributed by atoms with Crippen molar-refractivity contribution in [3.05, 3.63) is 59.9 Å². The summed E-state index contributed by atoms with van der Waals surface area (Å²) in [7, 11) is 0. The van der Waals surface area contributed by atoms with Gasteiger partial charge in [-0.1, -0.05) is 24.3 Å². The Balaban J connectivity index is 1.53. The summed E-state index contributed by atoms with van der Waals surface area (Å²) < 4.78 is 24.4. The molecule has 5 heteroatoms. The maximum absolute atomic E-state index is 13.1. The third-order valence-corrected chi connectivity index (χ3v) is 3.84. The van der Waals surface area contributed by atoms with Crippen LogP contribution in [-0.2, 0) is 11.3 Å². The molecule has 2 aromatic carbocycles. The molecule has 4 nitrogen and oxygen atoms in total. The zero-order valence-corrected chi connectivity index (χ0v) is 12.8. The molecule has 1 aliphatic heterocycles. The highest BCUT2D eigenvalue weighted by molar-refractivity contribution is 5.31. The van der Waals surface area contributed by atoms with Gasteiger partial charge in [0.05, 0.1) is 6.61 Å². The highest BCUT2D eigenvalue weighted by Gasteiger charge is 2.21. The lowest BCUT2D eigenvalue weighted by molar-refractivity contribution is -0.0505. The molecule has 1 N–H and O–H groups in total. The van der Waals surface area contributed by atoms with E-state index in [9.17, 15) is 9.50 Å². The summed E-state index contributed by atoms with van der Waals surface area (Å²) in [5.41, 5.74) is 0.902. The Morgan fingerprint density at radius 3 is 2.91 bits per heavy atom. The number of halogens is 1. The predicted octanol–water partition coefficient (Wildman–Crippen LogP) is 2.81. The molecule has 0 aromatic heterocycles. The molecule has 1 saturated heterocycles. The van der Waals surface area contributed by atoms with Crippen LogP contribution in [0.3, 0.4) is 0 Å². The van der Waals surface area contributed by atoms with Gasteiger partial charge in [0.2, 0.25) is 0 Å². The van der Waals surface area contributed by atoms with Crippen LogP contribution in [0.15, 0.2) is 48.5 Å². The summed E-state index contributed by atoms with van der Waals surface area (Å²) in [6.07, 6.45) is -0.0714. The molecule has 0 aliphatic carbocycles. The van der Waals surface area contributed by atoms with Gasteiger partial charge in [-0.2, -0.15) is 0 Å². The highest BCUT2D eigenvalue weighted by Crippen LogP contribution is 2.20. The van der Waals surface area contributed by atoms with Crippen LogP contribution in [0.25, 0.3) is 0 Å². The van der Waals surface area contributed by atoms with E-state index in [0.717, 1.165) is 12.1 Å². The molecule has 3 rings (SSSR count). The fraction of sp³-hybridized carbons (Fsp3) is 0.333. The third kappa shape index (κ3) is 4.43.